The zero-order valence-corrected chi connectivity index (χ0v) is 10.7. The third kappa shape index (κ3) is 2.54. The molecule has 0 saturated carbocycles. The summed E-state index contributed by atoms with van der Waals surface area (Å²) in [6, 6.07) is 7.74. The van der Waals surface area contributed by atoms with Gasteiger partial charge in [0.2, 0.25) is 5.91 Å². The smallest absolute Gasteiger partial charge is 0.224 e. The van der Waals surface area contributed by atoms with Gasteiger partial charge in [0, 0.05) is 22.6 Å². The molecule has 0 radical (unpaired) electrons. The van der Waals surface area contributed by atoms with Crippen molar-refractivity contribution in [2.75, 3.05) is 6.61 Å². The van der Waals surface area contributed by atoms with Crippen LogP contribution in [0.1, 0.15) is 18.2 Å². The number of aromatic nitrogens is 1. The summed E-state index contributed by atoms with van der Waals surface area (Å²) in [6.07, 6.45) is 0.334. The Labute approximate surface area is 106 Å². The van der Waals surface area contributed by atoms with Crippen LogP contribution in [0.25, 0.3) is 10.9 Å². The topological polar surface area (TPSA) is 65.1 Å². The molecule has 0 bridgehead atoms. The lowest BCUT2D eigenvalue weighted by Gasteiger charge is -2.10. The second kappa shape index (κ2) is 5.23. The minimum absolute atomic E-state index is 0.0430. The number of hydrogen-bond donors (Lipinski definition) is 3. The Bertz CT molecular complexity index is 560. The predicted molar refractivity (Wildman–Crippen MR) is 71.4 cm³/mol. The number of nitrogens with one attached hydrogen (secondary N) is 2. The Morgan fingerprint density at radius 3 is 2.89 bits per heavy atom. The first-order valence-electron chi connectivity index (χ1n) is 6.08. The molecule has 1 amide bonds. The maximum atomic E-state index is 11.8. The van der Waals surface area contributed by atoms with Crippen LogP contribution in [0.15, 0.2) is 24.3 Å². The first-order chi connectivity index (χ1) is 8.61. The number of benzene rings is 1. The monoisotopic (exact) mass is 246 g/mol. The van der Waals surface area contributed by atoms with Gasteiger partial charge in [0.1, 0.15) is 0 Å². The molecule has 0 spiro atoms. The molecule has 18 heavy (non-hydrogen) atoms. The fourth-order valence-corrected chi connectivity index (χ4v) is 2.09. The zero-order valence-electron chi connectivity index (χ0n) is 10.7. The fourth-order valence-electron chi connectivity index (χ4n) is 2.09. The number of aliphatic hydroxyl groups excluding tert-OH is 1. The van der Waals surface area contributed by atoms with E-state index >= 15 is 0 Å². The van der Waals surface area contributed by atoms with Crippen LogP contribution in [0.3, 0.4) is 0 Å². The number of H-pyrrole nitrogens is 1. The molecule has 1 atom stereocenters. The lowest BCUT2D eigenvalue weighted by molar-refractivity contribution is -0.121. The number of hydrogen-bond acceptors (Lipinski definition) is 2. The molecule has 1 aromatic carbocycles. The molecule has 1 aromatic heterocycles. The SMILES string of the molecule is Cc1[nH]c2ccccc2c1CC(=O)N[C@H](C)CO. The summed E-state index contributed by atoms with van der Waals surface area (Å²) in [5, 5.41) is 12.8. The Morgan fingerprint density at radius 2 is 2.17 bits per heavy atom. The van der Waals surface area contributed by atoms with Crippen LogP contribution in [0.5, 0.6) is 0 Å². The third-order valence-corrected chi connectivity index (χ3v) is 3.05. The van der Waals surface area contributed by atoms with Gasteiger partial charge in [-0.2, -0.15) is 0 Å². The van der Waals surface area contributed by atoms with Gasteiger partial charge in [0.05, 0.1) is 13.0 Å². The molecular formula is C14H18N2O2. The molecule has 0 aliphatic rings. The summed E-state index contributed by atoms with van der Waals surface area (Å²) in [4.78, 5) is 15.1. The van der Waals surface area contributed by atoms with Crippen molar-refractivity contribution in [3.8, 4) is 0 Å². The molecule has 0 aliphatic heterocycles. The molecule has 96 valence electrons. The molecule has 4 heteroatoms. The van der Waals surface area contributed by atoms with Gasteiger partial charge in [-0.05, 0) is 25.5 Å². The van der Waals surface area contributed by atoms with E-state index in [0.29, 0.717) is 6.42 Å². The third-order valence-electron chi connectivity index (χ3n) is 3.05. The Kier molecular flexibility index (Phi) is 3.67. The van der Waals surface area contributed by atoms with Crippen molar-refractivity contribution in [1.29, 1.82) is 0 Å². The Balaban J connectivity index is 2.21. The maximum Gasteiger partial charge on any atom is 0.224 e. The number of aryl methyl sites for hydroxylation is 1. The molecule has 2 rings (SSSR count). The van der Waals surface area contributed by atoms with E-state index in [1.807, 2.05) is 31.2 Å². The standard InChI is InChI=1S/C14H18N2O2/c1-9(8-17)15-14(18)7-12-10(2)16-13-6-4-3-5-11(12)13/h3-6,9,16-17H,7-8H2,1-2H3,(H,15,18)/t9-/m1/s1. The molecule has 1 heterocycles. The van der Waals surface area contributed by atoms with E-state index in [9.17, 15) is 4.79 Å². The number of carbonyl (C=O) groups excluding carboxylic acids is 1. The second-order valence-electron chi connectivity index (χ2n) is 4.60. The minimum Gasteiger partial charge on any atom is -0.394 e. The Hall–Kier alpha value is -1.81. The first kappa shape index (κ1) is 12.6. The van der Waals surface area contributed by atoms with Gasteiger partial charge in [-0.3, -0.25) is 4.79 Å². The van der Waals surface area contributed by atoms with Crippen molar-refractivity contribution < 1.29 is 9.90 Å². The van der Waals surface area contributed by atoms with E-state index in [4.69, 9.17) is 5.11 Å². The van der Waals surface area contributed by atoms with Gasteiger partial charge >= 0.3 is 0 Å². The minimum atomic E-state index is -0.206. The van der Waals surface area contributed by atoms with Crippen molar-refractivity contribution >= 4 is 16.8 Å². The van der Waals surface area contributed by atoms with Crippen molar-refractivity contribution in [1.82, 2.24) is 10.3 Å². The second-order valence-corrected chi connectivity index (χ2v) is 4.60. The molecule has 4 nitrogen and oxygen atoms in total. The van der Waals surface area contributed by atoms with Crippen LogP contribution in [0.4, 0.5) is 0 Å². The van der Waals surface area contributed by atoms with E-state index in [-0.39, 0.29) is 18.6 Å². The van der Waals surface area contributed by atoms with E-state index in [1.165, 1.54) is 0 Å². The van der Waals surface area contributed by atoms with Crippen molar-refractivity contribution in [3.63, 3.8) is 0 Å². The van der Waals surface area contributed by atoms with Crippen molar-refractivity contribution in [2.45, 2.75) is 26.3 Å². The number of amides is 1. The molecule has 0 fully saturated rings. The number of aromatic amines is 1. The molecular weight excluding hydrogens is 228 g/mol. The van der Waals surface area contributed by atoms with Gasteiger partial charge in [-0.15, -0.1) is 0 Å². The predicted octanol–water partition coefficient (Wildman–Crippen LogP) is 1.52. The van der Waals surface area contributed by atoms with Gasteiger partial charge in [0.15, 0.2) is 0 Å². The van der Waals surface area contributed by atoms with Crippen LogP contribution >= 0.6 is 0 Å². The summed E-state index contributed by atoms with van der Waals surface area (Å²) in [6.45, 7) is 3.71. The van der Waals surface area contributed by atoms with Crippen LogP contribution < -0.4 is 5.32 Å². The van der Waals surface area contributed by atoms with Crippen LogP contribution in [0, 0.1) is 6.92 Å². The summed E-state index contributed by atoms with van der Waals surface area (Å²) in [5.41, 5.74) is 3.09. The quantitative estimate of drug-likeness (QED) is 0.765. The first-order valence-corrected chi connectivity index (χ1v) is 6.08. The van der Waals surface area contributed by atoms with Gasteiger partial charge < -0.3 is 15.4 Å². The summed E-state index contributed by atoms with van der Waals surface area (Å²) in [5.74, 6) is -0.0654. The summed E-state index contributed by atoms with van der Waals surface area (Å²) < 4.78 is 0. The lowest BCUT2D eigenvalue weighted by atomic mass is 10.1. The van der Waals surface area contributed by atoms with E-state index in [2.05, 4.69) is 10.3 Å². The van der Waals surface area contributed by atoms with Gasteiger partial charge in [0.25, 0.3) is 0 Å². The summed E-state index contributed by atoms with van der Waals surface area (Å²) >= 11 is 0. The van der Waals surface area contributed by atoms with Crippen molar-refractivity contribution in [2.24, 2.45) is 0 Å². The normalized spacial score (nSPS) is 12.6. The average molecular weight is 246 g/mol. The Morgan fingerprint density at radius 1 is 1.44 bits per heavy atom. The highest BCUT2D eigenvalue weighted by Crippen LogP contribution is 2.22. The van der Waals surface area contributed by atoms with Crippen LogP contribution in [-0.4, -0.2) is 28.6 Å². The van der Waals surface area contributed by atoms with E-state index in [0.717, 1.165) is 22.2 Å². The van der Waals surface area contributed by atoms with E-state index in [1.54, 1.807) is 6.92 Å². The lowest BCUT2D eigenvalue weighted by Crippen LogP contribution is -2.36. The van der Waals surface area contributed by atoms with Crippen molar-refractivity contribution in [3.05, 3.63) is 35.5 Å². The number of aliphatic hydroxyl groups is 1. The fraction of sp³-hybridized carbons (Fsp3) is 0.357. The largest absolute Gasteiger partial charge is 0.394 e. The molecule has 2 aromatic rings. The number of carbonyl (C=O) groups is 1. The van der Waals surface area contributed by atoms with Crippen LogP contribution in [0.2, 0.25) is 0 Å². The number of para-hydroxylation sites is 1. The summed E-state index contributed by atoms with van der Waals surface area (Å²) in [7, 11) is 0. The molecule has 0 saturated heterocycles. The molecule has 0 aliphatic carbocycles. The highest BCUT2D eigenvalue weighted by Gasteiger charge is 2.13. The van der Waals surface area contributed by atoms with E-state index < -0.39 is 0 Å². The van der Waals surface area contributed by atoms with Gasteiger partial charge in [-0.25, -0.2) is 0 Å². The highest BCUT2D eigenvalue weighted by molar-refractivity contribution is 5.90. The van der Waals surface area contributed by atoms with Crippen LogP contribution in [-0.2, 0) is 11.2 Å². The van der Waals surface area contributed by atoms with Gasteiger partial charge in [-0.1, -0.05) is 18.2 Å². The highest BCUT2D eigenvalue weighted by atomic mass is 16.3. The number of rotatable bonds is 4. The molecule has 0 unspecified atom stereocenters. The zero-order chi connectivity index (χ0) is 13.1. The number of fused-ring (bicyclic) bond motifs is 1. The maximum absolute atomic E-state index is 11.8. The molecule has 3 N–H and O–H groups in total. The average Bonchev–Trinajstić information content (AvgIpc) is 2.66.